The molecular formula is C19H26F3N5O4. The zero-order valence-corrected chi connectivity index (χ0v) is 17.5. The Morgan fingerprint density at radius 3 is 2.29 bits per heavy atom. The molecule has 1 fully saturated rings. The van der Waals surface area contributed by atoms with Crippen molar-refractivity contribution < 1.29 is 27.7 Å². The maximum atomic E-state index is 12.9. The Kier molecular flexibility index (Phi) is 7.82. The second-order valence-corrected chi connectivity index (χ2v) is 7.75. The molecule has 3 amide bonds. The van der Waals surface area contributed by atoms with Gasteiger partial charge in [-0.15, -0.1) is 0 Å². The molecule has 1 saturated heterocycles. The van der Waals surface area contributed by atoms with Crippen LogP contribution in [-0.2, 0) is 11.0 Å². The summed E-state index contributed by atoms with van der Waals surface area (Å²) in [4.78, 5) is 38.0. The quantitative estimate of drug-likeness (QED) is 0.515. The number of hydrogen-bond acceptors (Lipinski definition) is 6. The van der Waals surface area contributed by atoms with E-state index >= 15 is 0 Å². The zero-order valence-electron chi connectivity index (χ0n) is 17.5. The Morgan fingerprint density at radius 2 is 1.77 bits per heavy atom. The molecule has 1 aliphatic heterocycles. The highest BCUT2D eigenvalue weighted by molar-refractivity contribution is 5.96. The average Bonchev–Trinajstić information content (AvgIpc) is 2.70. The molecule has 1 atom stereocenters. The minimum absolute atomic E-state index is 0.0998. The number of rotatable bonds is 6. The number of nitrogens with one attached hydrogen (secondary N) is 2. The monoisotopic (exact) mass is 445 g/mol. The van der Waals surface area contributed by atoms with Crippen molar-refractivity contribution in [2.75, 3.05) is 37.6 Å². The summed E-state index contributed by atoms with van der Waals surface area (Å²) in [7, 11) is 0. The molecule has 2 rings (SSSR count). The van der Waals surface area contributed by atoms with Crippen molar-refractivity contribution in [3.8, 4) is 0 Å². The fourth-order valence-electron chi connectivity index (χ4n) is 3.19. The number of benzene rings is 1. The van der Waals surface area contributed by atoms with Crippen LogP contribution in [-0.4, -0.2) is 60.5 Å². The van der Waals surface area contributed by atoms with Crippen LogP contribution >= 0.6 is 0 Å². The molecule has 0 aromatic heterocycles. The van der Waals surface area contributed by atoms with Gasteiger partial charge < -0.3 is 10.2 Å². The number of anilines is 1. The first kappa shape index (κ1) is 24.4. The normalized spacial score (nSPS) is 16.2. The second kappa shape index (κ2) is 9.94. The topological polar surface area (TPSA) is 108 Å². The van der Waals surface area contributed by atoms with Gasteiger partial charge in [-0.25, -0.2) is 4.79 Å². The van der Waals surface area contributed by atoms with Gasteiger partial charge in [0.2, 0.25) is 5.91 Å². The molecule has 0 unspecified atom stereocenters. The van der Waals surface area contributed by atoms with E-state index in [0.29, 0.717) is 25.7 Å². The lowest BCUT2D eigenvalue weighted by Crippen LogP contribution is -2.55. The third kappa shape index (κ3) is 6.54. The van der Waals surface area contributed by atoms with Gasteiger partial charge in [-0.05, 0) is 25.0 Å². The molecule has 12 heteroatoms. The lowest BCUT2D eigenvalue weighted by atomic mass is 10.1. The summed E-state index contributed by atoms with van der Waals surface area (Å²) < 4.78 is 38.7. The number of amides is 3. The van der Waals surface area contributed by atoms with E-state index in [-0.39, 0.29) is 24.7 Å². The van der Waals surface area contributed by atoms with E-state index in [1.807, 2.05) is 13.8 Å². The van der Waals surface area contributed by atoms with Gasteiger partial charge in [0.15, 0.2) is 0 Å². The molecule has 9 nitrogen and oxygen atoms in total. The molecule has 0 saturated carbocycles. The van der Waals surface area contributed by atoms with Crippen LogP contribution in [0.15, 0.2) is 18.2 Å². The molecule has 0 aliphatic carbocycles. The number of imide groups is 1. The SMILES string of the molecule is CC(C)CNC(=O)NC(=O)[C@@H](C)N1CCN(c2ccc(C(F)(F)F)cc2[N+](=O)[O-])CC1. The van der Waals surface area contributed by atoms with Crippen molar-refractivity contribution in [2.24, 2.45) is 5.92 Å². The Labute approximate surface area is 177 Å². The molecule has 0 bridgehead atoms. The number of hydrogen-bond donors (Lipinski definition) is 2. The van der Waals surface area contributed by atoms with E-state index in [0.717, 1.165) is 12.1 Å². The summed E-state index contributed by atoms with van der Waals surface area (Å²) in [6.07, 6.45) is -4.67. The number of carbonyl (C=O) groups excluding carboxylic acids is 2. The molecule has 1 aliphatic rings. The van der Waals surface area contributed by atoms with Gasteiger partial charge in [0.25, 0.3) is 5.69 Å². The summed E-state index contributed by atoms with van der Waals surface area (Å²) in [6, 6.07) is 1.26. The largest absolute Gasteiger partial charge is 0.416 e. The lowest BCUT2D eigenvalue weighted by Gasteiger charge is -2.38. The van der Waals surface area contributed by atoms with Crippen molar-refractivity contribution in [3.63, 3.8) is 0 Å². The maximum absolute atomic E-state index is 12.9. The minimum Gasteiger partial charge on any atom is -0.363 e. The molecule has 1 aromatic rings. The number of nitrogens with zero attached hydrogens (tertiary/aromatic N) is 3. The number of nitro benzene ring substituents is 1. The van der Waals surface area contributed by atoms with Crippen LogP contribution in [0.25, 0.3) is 0 Å². The Bertz CT molecular complexity index is 823. The van der Waals surface area contributed by atoms with E-state index in [9.17, 15) is 32.9 Å². The van der Waals surface area contributed by atoms with Gasteiger partial charge in [0.1, 0.15) is 5.69 Å². The van der Waals surface area contributed by atoms with Gasteiger partial charge in [-0.2, -0.15) is 13.2 Å². The number of urea groups is 1. The van der Waals surface area contributed by atoms with E-state index < -0.39 is 40.3 Å². The van der Waals surface area contributed by atoms with E-state index in [4.69, 9.17) is 0 Å². The standard InChI is InChI=1S/C19H26F3N5O4/c1-12(2)11-23-18(29)24-17(28)13(3)25-6-8-26(9-7-25)15-5-4-14(19(20,21)22)10-16(15)27(30)31/h4-5,10,12-13H,6-9,11H2,1-3H3,(H2,23,24,28,29)/t13-/m1/s1. The number of nitro groups is 1. The van der Waals surface area contributed by atoms with Crippen molar-refractivity contribution >= 4 is 23.3 Å². The highest BCUT2D eigenvalue weighted by Gasteiger charge is 2.35. The highest BCUT2D eigenvalue weighted by atomic mass is 19.4. The van der Waals surface area contributed by atoms with Crippen molar-refractivity contribution in [1.29, 1.82) is 0 Å². The smallest absolute Gasteiger partial charge is 0.363 e. The molecule has 1 heterocycles. The van der Waals surface area contributed by atoms with E-state index in [2.05, 4.69) is 10.6 Å². The minimum atomic E-state index is -4.67. The van der Waals surface area contributed by atoms with Crippen LogP contribution in [0.2, 0.25) is 0 Å². The Balaban J connectivity index is 2.00. The van der Waals surface area contributed by atoms with Crippen molar-refractivity contribution in [3.05, 3.63) is 33.9 Å². The number of halogens is 3. The number of alkyl halides is 3. The second-order valence-electron chi connectivity index (χ2n) is 7.75. The molecule has 0 radical (unpaired) electrons. The zero-order chi connectivity index (χ0) is 23.3. The third-order valence-corrected chi connectivity index (χ3v) is 4.99. The lowest BCUT2D eigenvalue weighted by molar-refractivity contribution is -0.384. The van der Waals surface area contributed by atoms with Crippen LogP contribution in [0.3, 0.4) is 0 Å². The molecule has 31 heavy (non-hydrogen) atoms. The van der Waals surface area contributed by atoms with Gasteiger partial charge >= 0.3 is 12.2 Å². The van der Waals surface area contributed by atoms with E-state index in [1.54, 1.807) is 16.7 Å². The summed E-state index contributed by atoms with van der Waals surface area (Å²) in [5, 5.41) is 16.2. The highest BCUT2D eigenvalue weighted by Crippen LogP contribution is 2.36. The first-order chi connectivity index (χ1) is 14.4. The summed E-state index contributed by atoms with van der Waals surface area (Å²) >= 11 is 0. The summed E-state index contributed by atoms with van der Waals surface area (Å²) in [5.74, 6) is -0.240. The Hall–Kier alpha value is -2.89. The van der Waals surface area contributed by atoms with Crippen molar-refractivity contribution in [1.82, 2.24) is 15.5 Å². The van der Waals surface area contributed by atoms with Gasteiger partial charge in [0.05, 0.1) is 16.5 Å². The van der Waals surface area contributed by atoms with Crippen molar-refractivity contribution in [2.45, 2.75) is 33.0 Å². The molecule has 0 spiro atoms. The summed E-state index contributed by atoms with van der Waals surface area (Å²) in [5.41, 5.74) is -1.60. The molecular weight excluding hydrogens is 419 g/mol. The molecule has 172 valence electrons. The third-order valence-electron chi connectivity index (χ3n) is 4.99. The summed E-state index contributed by atoms with van der Waals surface area (Å²) in [6.45, 7) is 7.17. The predicted octanol–water partition coefficient (Wildman–Crippen LogP) is 2.61. The van der Waals surface area contributed by atoms with Crippen LogP contribution in [0.4, 0.5) is 29.3 Å². The van der Waals surface area contributed by atoms with Crippen LogP contribution in [0.1, 0.15) is 26.3 Å². The fraction of sp³-hybridized carbons (Fsp3) is 0.579. The number of piperazine rings is 1. The van der Waals surface area contributed by atoms with Gasteiger partial charge in [-0.1, -0.05) is 13.8 Å². The van der Waals surface area contributed by atoms with Crippen LogP contribution in [0, 0.1) is 16.0 Å². The van der Waals surface area contributed by atoms with E-state index in [1.165, 1.54) is 0 Å². The fourth-order valence-corrected chi connectivity index (χ4v) is 3.19. The predicted molar refractivity (Wildman–Crippen MR) is 108 cm³/mol. The van der Waals surface area contributed by atoms with Crippen LogP contribution in [0.5, 0.6) is 0 Å². The first-order valence-electron chi connectivity index (χ1n) is 9.83. The van der Waals surface area contributed by atoms with Gasteiger partial charge in [0, 0.05) is 38.8 Å². The first-order valence-corrected chi connectivity index (χ1v) is 9.83. The molecule has 2 N–H and O–H groups in total. The average molecular weight is 445 g/mol. The molecule has 1 aromatic carbocycles. The van der Waals surface area contributed by atoms with Crippen LogP contribution < -0.4 is 15.5 Å². The van der Waals surface area contributed by atoms with Gasteiger partial charge in [-0.3, -0.25) is 25.1 Å². The maximum Gasteiger partial charge on any atom is 0.416 e. The number of carbonyl (C=O) groups is 2. The Morgan fingerprint density at radius 1 is 1.16 bits per heavy atom.